The van der Waals surface area contributed by atoms with Crippen molar-refractivity contribution in [3.63, 3.8) is 0 Å². The molecule has 1 aromatic carbocycles. The lowest BCUT2D eigenvalue weighted by Crippen LogP contribution is -2.24. The molecule has 4 nitrogen and oxygen atoms in total. The van der Waals surface area contributed by atoms with E-state index in [2.05, 4.69) is 31.2 Å². The number of hydrogen-bond acceptors (Lipinski definition) is 3. The number of pyridine rings is 2. The van der Waals surface area contributed by atoms with Gasteiger partial charge < -0.3 is 5.32 Å². The molecular formula is C19H16BrN3O. The van der Waals surface area contributed by atoms with Gasteiger partial charge in [-0.2, -0.15) is 0 Å². The maximum Gasteiger partial charge on any atom is 0.253 e. The molecule has 0 aliphatic heterocycles. The first-order valence-corrected chi connectivity index (χ1v) is 8.33. The minimum absolute atomic E-state index is 0.135. The van der Waals surface area contributed by atoms with Gasteiger partial charge in [-0.15, -0.1) is 0 Å². The van der Waals surface area contributed by atoms with Crippen molar-refractivity contribution in [3.8, 4) is 11.3 Å². The van der Waals surface area contributed by atoms with Crippen molar-refractivity contribution < 1.29 is 4.79 Å². The van der Waals surface area contributed by atoms with Crippen LogP contribution in [-0.4, -0.2) is 15.9 Å². The van der Waals surface area contributed by atoms with Crippen LogP contribution in [0.5, 0.6) is 0 Å². The molecule has 2 heterocycles. The van der Waals surface area contributed by atoms with Gasteiger partial charge in [-0.05, 0) is 42.8 Å². The maximum atomic E-state index is 12.4. The molecule has 5 heteroatoms. The molecule has 0 unspecified atom stereocenters. The first-order valence-electron chi connectivity index (χ1n) is 7.54. The predicted octanol–water partition coefficient (Wildman–Crippen LogP) is 4.14. The molecule has 0 saturated carbocycles. The molecule has 1 amide bonds. The minimum atomic E-state index is -0.135. The van der Waals surface area contributed by atoms with Gasteiger partial charge in [0.1, 0.15) is 0 Å². The fraction of sp³-hybridized carbons (Fsp3) is 0.105. The average Bonchev–Trinajstić information content (AvgIpc) is 2.60. The van der Waals surface area contributed by atoms with E-state index in [9.17, 15) is 4.79 Å². The summed E-state index contributed by atoms with van der Waals surface area (Å²) in [6.45, 7) is 2.29. The molecule has 0 aliphatic carbocycles. The summed E-state index contributed by atoms with van der Waals surface area (Å²) in [6.07, 6.45) is 3.45. The van der Waals surface area contributed by atoms with Crippen molar-refractivity contribution in [3.05, 3.63) is 82.2 Å². The van der Waals surface area contributed by atoms with Gasteiger partial charge in [0.25, 0.3) is 5.91 Å². The fourth-order valence-electron chi connectivity index (χ4n) is 2.39. The quantitative estimate of drug-likeness (QED) is 0.738. The highest BCUT2D eigenvalue weighted by Gasteiger charge is 2.11. The summed E-state index contributed by atoms with van der Waals surface area (Å²) in [5, 5.41) is 2.90. The molecule has 3 aromatic rings. The van der Waals surface area contributed by atoms with Gasteiger partial charge in [0.2, 0.25) is 0 Å². The number of rotatable bonds is 4. The van der Waals surface area contributed by atoms with Crippen molar-refractivity contribution in [1.29, 1.82) is 0 Å². The molecule has 120 valence electrons. The van der Waals surface area contributed by atoms with Gasteiger partial charge in [-0.3, -0.25) is 14.8 Å². The van der Waals surface area contributed by atoms with Gasteiger partial charge in [0.05, 0.1) is 17.0 Å². The van der Waals surface area contributed by atoms with Crippen LogP contribution in [0.3, 0.4) is 0 Å². The van der Waals surface area contributed by atoms with Crippen LogP contribution in [0.2, 0.25) is 0 Å². The first kappa shape index (κ1) is 16.3. The summed E-state index contributed by atoms with van der Waals surface area (Å²) < 4.78 is 0.998. The predicted molar refractivity (Wildman–Crippen MR) is 97.5 cm³/mol. The summed E-state index contributed by atoms with van der Waals surface area (Å²) in [6, 6.07) is 15.4. The Hall–Kier alpha value is -2.53. The van der Waals surface area contributed by atoms with Crippen LogP contribution in [0.1, 0.15) is 21.6 Å². The van der Waals surface area contributed by atoms with Crippen LogP contribution in [0.15, 0.2) is 65.4 Å². The van der Waals surface area contributed by atoms with E-state index in [4.69, 9.17) is 0 Å². The molecule has 3 rings (SSSR count). The minimum Gasteiger partial charge on any atom is -0.348 e. The monoisotopic (exact) mass is 381 g/mol. The molecule has 0 aliphatic rings. The number of nitrogens with one attached hydrogen (secondary N) is 1. The number of benzene rings is 1. The third-order valence-corrected chi connectivity index (χ3v) is 4.12. The smallest absolute Gasteiger partial charge is 0.253 e. The number of amides is 1. The molecule has 0 bridgehead atoms. The normalized spacial score (nSPS) is 10.4. The Bertz CT molecular complexity index is 865. The molecule has 1 N–H and O–H groups in total. The second-order valence-electron chi connectivity index (χ2n) is 5.38. The highest BCUT2D eigenvalue weighted by atomic mass is 79.9. The lowest BCUT2D eigenvalue weighted by Gasteiger charge is -2.09. The number of carbonyl (C=O) groups excluding carboxylic acids is 1. The average molecular weight is 382 g/mol. The molecule has 24 heavy (non-hydrogen) atoms. The summed E-state index contributed by atoms with van der Waals surface area (Å²) >= 11 is 3.46. The van der Waals surface area contributed by atoms with Crippen molar-refractivity contribution >= 4 is 21.8 Å². The van der Waals surface area contributed by atoms with E-state index in [1.54, 1.807) is 12.4 Å². The number of aryl methyl sites for hydroxylation is 1. The standard InChI is InChI=1S/C19H16BrN3O/c1-13-17(19(24)22-12-14-4-3-9-21-11-14)7-8-18(23-13)15-5-2-6-16(20)10-15/h2-11H,12H2,1H3,(H,22,24). The van der Waals surface area contributed by atoms with E-state index in [0.29, 0.717) is 17.8 Å². The van der Waals surface area contributed by atoms with Crippen LogP contribution in [0.4, 0.5) is 0 Å². The fourth-order valence-corrected chi connectivity index (χ4v) is 2.79. The highest BCUT2D eigenvalue weighted by molar-refractivity contribution is 9.10. The highest BCUT2D eigenvalue weighted by Crippen LogP contribution is 2.22. The van der Waals surface area contributed by atoms with Crippen LogP contribution in [-0.2, 0) is 6.54 Å². The van der Waals surface area contributed by atoms with Crippen LogP contribution >= 0.6 is 15.9 Å². The van der Waals surface area contributed by atoms with Crippen molar-refractivity contribution in [2.45, 2.75) is 13.5 Å². The van der Waals surface area contributed by atoms with Gasteiger partial charge in [0.15, 0.2) is 0 Å². The second kappa shape index (κ2) is 7.36. The zero-order chi connectivity index (χ0) is 16.9. The number of nitrogens with zero attached hydrogens (tertiary/aromatic N) is 2. The van der Waals surface area contributed by atoms with Crippen molar-refractivity contribution in [2.24, 2.45) is 0 Å². The third-order valence-electron chi connectivity index (χ3n) is 3.63. The van der Waals surface area contributed by atoms with Gasteiger partial charge >= 0.3 is 0 Å². The lowest BCUT2D eigenvalue weighted by atomic mass is 10.1. The van der Waals surface area contributed by atoms with Crippen LogP contribution in [0.25, 0.3) is 11.3 Å². The van der Waals surface area contributed by atoms with Crippen LogP contribution < -0.4 is 5.32 Å². The molecule has 0 radical (unpaired) electrons. The summed E-state index contributed by atoms with van der Waals surface area (Å²) in [4.78, 5) is 21.0. The Morgan fingerprint density at radius 2 is 2.04 bits per heavy atom. The molecule has 0 saturated heterocycles. The van der Waals surface area contributed by atoms with E-state index >= 15 is 0 Å². The molecule has 0 atom stereocenters. The Morgan fingerprint density at radius 3 is 2.75 bits per heavy atom. The summed E-state index contributed by atoms with van der Waals surface area (Å²) in [5.41, 5.74) is 4.10. The number of halogens is 1. The van der Waals surface area contributed by atoms with E-state index in [1.165, 1.54) is 0 Å². The Labute approximate surface area is 149 Å². The van der Waals surface area contributed by atoms with Gasteiger partial charge in [0, 0.05) is 29.0 Å². The Morgan fingerprint density at radius 1 is 1.17 bits per heavy atom. The second-order valence-corrected chi connectivity index (χ2v) is 6.30. The largest absolute Gasteiger partial charge is 0.348 e. The summed E-state index contributed by atoms with van der Waals surface area (Å²) in [7, 11) is 0. The molecule has 2 aromatic heterocycles. The topological polar surface area (TPSA) is 54.9 Å². The van der Waals surface area contributed by atoms with E-state index in [-0.39, 0.29) is 5.91 Å². The van der Waals surface area contributed by atoms with Gasteiger partial charge in [-0.25, -0.2) is 0 Å². The summed E-state index contributed by atoms with van der Waals surface area (Å²) in [5.74, 6) is -0.135. The van der Waals surface area contributed by atoms with E-state index in [0.717, 1.165) is 21.3 Å². The SMILES string of the molecule is Cc1nc(-c2cccc(Br)c2)ccc1C(=O)NCc1cccnc1. The molecule has 0 fully saturated rings. The number of aromatic nitrogens is 2. The van der Waals surface area contributed by atoms with Crippen molar-refractivity contribution in [2.75, 3.05) is 0 Å². The Kier molecular flexibility index (Phi) is 5.01. The number of hydrogen-bond donors (Lipinski definition) is 1. The first-order chi connectivity index (χ1) is 11.6. The van der Waals surface area contributed by atoms with Crippen LogP contribution in [0, 0.1) is 6.92 Å². The molecule has 0 spiro atoms. The lowest BCUT2D eigenvalue weighted by molar-refractivity contribution is 0.0950. The zero-order valence-corrected chi connectivity index (χ0v) is 14.7. The number of carbonyl (C=O) groups is 1. The maximum absolute atomic E-state index is 12.4. The Balaban J connectivity index is 1.76. The zero-order valence-electron chi connectivity index (χ0n) is 13.2. The van der Waals surface area contributed by atoms with Gasteiger partial charge in [-0.1, -0.05) is 34.1 Å². The van der Waals surface area contributed by atoms with E-state index in [1.807, 2.05) is 55.5 Å². The third kappa shape index (κ3) is 3.86. The molecular weight excluding hydrogens is 366 g/mol. The van der Waals surface area contributed by atoms with E-state index < -0.39 is 0 Å². The van der Waals surface area contributed by atoms with Crippen molar-refractivity contribution in [1.82, 2.24) is 15.3 Å².